The van der Waals surface area contributed by atoms with E-state index in [2.05, 4.69) is 4.72 Å². The Kier molecular flexibility index (Phi) is 3.72. The number of rotatable bonds is 4. The fourth-order valence-corrected chi connectivity index (χ4v) is 3.04. The van der Waals surface area contributed by atoms with Crippen LogP contribution in [0.25, 0.3) is 10.8 Å². The van der Waals surface area contributed by atoms with Crippen LogP contribution in [-0.4, -0.2) is 13.7 Å². The smallest absolute Gasteiger partial charge is 0.249 e. The SMILES string of the molecule is CCC(C#N)S(=O)(=O)Nc1ccc2ccccc2c1. The average Bonchev–Trinajstić information content (AvgIpc) is 2.39. The molecule has 0 aliphatic carbocycles. The topological polar surface area (TPSA) is 70.0 Å². The van der Waals surface area contributed by atoms with Gasteiger partial charge in [-0.3, -0.25) is 4.72 Å². The Balaban J connectivity index is 2.34. The molecule has 0 bridgehead atoms. The molecule has 0 fully saturated rings. The maximum atomic E-state index is 12.0. The number of anilines is 1. The van der Waals surface area contributed by atoms with E-state index in [0.29, 0.717) is 5.69 Å². The summed E-state index contributed by atoms with van der Waals surface area (Å²) in [4.78, 5) is 0. The standard InChI is InChI=1S/C14H14N2O2S/c1-2-14(10-15)19(17,18)16-13-8-7-11-5-3-4-6-12(11)9-13/h3-9,14,16H,2H2,1H3. The highest BCUT2D eigenvalue weighted by Crippen LogP contribution is 2.20. The normalized spacial score (nSPS) is 12.8. The molecule has 2 aromatic carbocycles. The van der Waals surface area contributed by atoms with Crippen molar-refractivity contribution in [2.75, 3.05) is 4.72 Å². The lowest BCUT2D eigenvalue weighted by Crippen LogP contribution is -2.25. The van der Waals surface area contributed by atoms with E-state index < -0.39 is 15.3 Å². The van der Waals surface area contributed by atoms with Gasteiger partial charge in [-0.25, -0.2) is 8.42 Å². The molecule has 98 valence electrons. The van der Waals surface area contributed by atoms with Crippen LogP contribution in [0.3, 0.4) is 0 Å². The van der Waals surface area contributed by atoms with Crippen molar-refractivity contribution < 1.29 is 8.42 Å². The van der Waals surface area contributed by atoms with Gasteiger partial charge in [0.15, 0.2) is 5.25 Å². The summed E-state index contributed by atoms with van der Waals surface area (Å²) < 4.78 is 26.4. The van der Waals surface area contributed by atoms with E-state index in [1.54, 1.807) is 25.1 Å². The van der Waals surface area contributed by atoms with Crippen LogP contribution in [0.1, 0.15) is 13.3 Å². The number of nitrogens with zero attached hydrogens (tertiary/aromatic N) is 1. The molecule has 0 saturated heterocycles. The summed E-state index contributed by atoms with van der Waals surface area (Å²) in [5.41, 5.74) is 0.479. The van der Waals surface area contributed by atoms with Gasteiger partial charge in [0.2, 0.25) is 10.0 Å². The predicted molar refractivity (Wildman–Crippen MR) is 76.2 cm³/mol. The summed E-state index contributed by atoms with van der Waals surface area (Å²) in [7, 11) is -3.66. The first kappa shape index (κ1) is 13.4. The molecule has 0 amide bonds. The van der Waals surface area contributed by atoms with Gasteiger partial charge in [-0.1, -0.05) is 37.3 Å². The fourth-order valence-electron chi connectivity index (χ4n) is 1.87. The Labute approximate surface area is 112 Å². The van der Waals surface area contributed by atoms with Gasteiger partial charge in [-0.05, 0) is 29.3 Å². The van der Waals surface area contributed by atoms with Gasteiger partial charge in [-0.2, -0.15) is 5.26 Å². The largest absolute Gasteiger partial charge is 0.282 e. The van der Waals surface area contributed by atoms with Crippen molar-refractivity contribution >= 4 is 26.5 Å². The number of nitrogens with one attached hydrogen (secondary N) is 1. The lowest BCUT2D eigenvalue weighted by molar-refractivity contribution is 0.593. The van der Waals surface area contributed by atoms with Crippen molar-refractivity contribution in [3.63, 3.8) is 0 Å². The number of benzene rings is 2. The average molecular weight is 274 g/mol. The Morgan fingerprint density at radius 3 is 2.53 bits per heavy atom. The third-order valence-corrected chi connectivity index (χ3v) is 4.61. The summed E-state index contributed by atoms with van der Waals surface area (Å²) in [6, 6.07) is 14.8. The maximum absolute atomic E-state index is 12.0. The second kappa shape index (κ2) is 5.29. The van der Waals surface area contributed by atoms with Crippen LogP contribution in [0.15, 0.2) is 42.5 Å². The quantitative estimate of drug-likeness (QED) is 0.932. The van der Waals surface area contributed by atoms with Crippen molar-refractivity contribution in [3.05, 3.63) is 42.5 Å². The van der Waals surface area contributed by atoms with Crippen LogP contribution in [0, 0.1) is 11.3 Å². The van der Waals surface area contributed by atoms with E-state index in [1.807, 2.05) is 30.3 Å². The van der Waals surface area contributed by atoms with Gasteiger partial charge in [0.25, 0.3) is 0 Å². The van der Waals surface area contributed by atoms with Crippen LogP contribution in [0.4, 0.5) is 5.69 Å². The van der Waals surface area contributed by atoms with Crippen LogP contribution in [-0.2, 0) is 10.0 Å². The minimum atomic E-state index is -3.66. The highest BCUT2D eigenvalue weighted by molar-refractivity contribution is 7.93. The second-order valence-electron chi connectivity index (χ2n) is 4.23. The van der Waals surface area contributed by atoms with Crippen molar-refractivity contribution in [1.82, 2.24) is 0 Å². The summed E-state index contributed by atoms with van der Waals surface area (Å²) in [6.07, 6.45) is 0.263. The van der Waals surface area contributed by atoms with Crippen molar-refractivity contribution in [1.29, 1.82) is 5.26 Å². The number of hydrogen-bond acceptors (Lipinski definition) is 3. The number of nitriles is 1. The van der Waals surface area contributed by atoms with Crippen LogP contribution in [0.5, 0.6) is 0 Å². The number of fused-ring (bicyclic) bond motifs is 1. The maximum Gasteiger partial charge on any atom is 0.249 e. The zero-order chi connectivity index (χ0) is 13.9. The summed E-state index contributed by atoms with van der Waals surface area (Å²) in [5.74, 6) is 0. The van der Waals surface area contributed by atoms with Crippen LogP contribution < -0.4 is 4.72 Å². The minimum absolute atomic E-state index is 0.263. The minimum Gasteiger partial charge on any atom is -0.282 e. The molecular formula is C14H14N2O2S. The highest BCUT2D eigenvalue weighted by Gasteiger charge is 2.23. The van der Waals surface area contributed by atoms with Gasteiger partial charge in [0.05, 0.1) is 6.07 Å². The van der Waals surface area contributed by atoms with E-state index in [4.69, 9.17) is 5.26 Å². The van der Waals surface area contributed by atoms with Gasteiger partial charge in [0.1, 0.15) is 0 Å². The molecule has 2 rings (SSSR count). The molecule has 2 aromatic rings. The molecule has 5 heteroatoms. The van der Waals surface area contributed by atoms with Gasteiger partial charge < -0.3 is 0 Å². The van der Waals surface area contributed by atoms with E-state index in [1.165, 1.54) is 0 Å². The summed E-state index contributed by atoms with van der Waals surface area (Å²) in [5, 5.41) is 9.80. The Bertz CT molecular complexity index is 732. The summed E-state index contributed by atoms with van der Waals surface area (Å²) in [6.45, 7) is 1.67. The number of sulfonamides is 1. The molecule has 0 aliphatic heterocycles. The van der Waals surface area contributed by atoms with Crippen LogP contribution in [0.2, 0.25) is 0 Å². The third kappa shape index (κ3) is 2.85. The molecule has 1 atom stereocenters. The van der Waals surface area contributed by atoms with Gasteiger partial charge in [-0.15, -0.1) is 0 Å². The molecule has 1 unspecified atom stereocenters. The molecule has 0 saturated carbocycles. The molecular weight excluding hydrogens is 260 g/mol. The molecule has 0 heterocycles. The van der Waals surface area contributed by atoms with E-state index in [-0.39, 0.29) is 6.42 Å². The number of hydrogen-bond donors (Lipinski definition) is 1. The molecule has 4 nitrogen and oxygen atoms in total. The van der Waals surface area contributed by atoms with Gasteiger partial charge >= 0.3 is 0 Å². The Morgan fingerprint density at radius 1 is 1.21 bits per heavy atom. The molecule has 0 aromatic heterocycles. The first-order chi connectivity index (χ1) is 9.06. The molecule has 19 heavy (non-hydrogen) atoms. The Hall–Kier alpha value is -2.06. The van der Waals surface area contributed by atoms with Crippen LogP contribution >= 0.6 is 0 Å². The Morgan fingerprint density at radius 2 is 1.89 bits per heavy atom. The first-order valence-electron chi connectivity index (χ1n) is 5.97. The van der Waals surface area contributed by atoms with E-state index in [9.17, 15) is 8.42 Å². The van der Waals surface area contributed by atoms with E-state index in [0.717, 1.165) is 10.8 Å². The summed E-state index contributed by atoms with van der Waals surface area (Å²) >= 11 is 0. The monoisotopic (exact) mass is 274 g/mol. The fraction of sp³-hybridized carbons (Fsp3) is 0.214. The second-order valence-corrected chi connectivity index (χ2v) is 6.10. The van der Waals surface area contributed by atoms with E-state index >= 15 is 0 Å². The zero-order valence-electron chi connectivity index (χ0n) is 10.5. The lowest BCUT2D eigenvalue weighted by atomic mass is 10.1. The molecule has 1 N–H and O–H groups in total. The lowest BCUT2D eigenvalue weighted by Gasteiger charge is -2.11. The zero-order valence-corrected chi connectivity index (χ0v) is 11.3. The van der Waals surface area contributed by atoms with Crippen molar-refractivity contribution in [3.8, 4) is 6.07 Å². The predicted octanol–water partition coefficient (Wildman–Crippen LogP) is 2.88. The third-order valence-electron chi connectivity index (χ3n) is 2.90. The first-order valence-corrected chi connectivity index (χ1v) is 7.51. The molecule has 0 radical (unpaired) electrons. The van der Waals surface area contributed by atoms with Crippen molar-refractivity contribution in [2.24, 2.45) is 0 Å². The van der Waals surface area contributed by atoms with Gasteiger partial charge in [0, 0.05) is 5.69 Å². The molecule has 0 aliphatic rings. The van der Waals surface area contributed by atoms with Crippen molar-refractivity contribution in [2.45, 2.75) is 18.6 Å². The molecule has 0 spiro atoms. The highest BCUT2D eigenvalue weighted by atomic mass is 32.2.